The van der Waals surface area contributed by atoms with E-state index in [0.29, 0.717) is 0 Å². The molecule has 0 atom stereocenters. The third-order valence-electron chi connectivity index (χ3n) is 1.83. The van der Waals surface area contributed by atoms with Gasteiger partial charge in [0.15, 0.2) is 0 Å². The fourth-order valence-electron chi connectivity index (χ4n) is 1.14. The number of rotatable bonds is 7. The molecule has 0 N–H and O–H groups in total. The van der Waals surface area contributed by atoms with E-state index in [1.54, 1.807) is 0 Å². The highest BCUT2D eigenvalue weighted by Crippen LogP contribution is 2.03. The molecule has 0 aromatic carbocycles. The van der Waals surface area contributed by atoms with Crippen LogP contribution in [0, 0.1) is 0 Å². The van der Waals surface area contributed by atoms with Crippen molar-refractivity contribution in [1.82, 2.24) is 0 Å². The van der Waals surface area contributed by atoms with Crippen molar-refractivity contribution in [2.75, 3.05) is 0 Å². The minimum atomic E-state index is -0.226. The number of unbranched alkanes of at least 4 members (excludes halogenated alkanes) is 4. The van der Waals surface area contributed by atoms with Gasteiger partial charge in [0.25, 0.3) is 0 Å². The Morgan fingerprint density at radius 1 is 1.29 bits per heavy atom. The fourth-order valence-corrected chi connectivity index (χ4v) is 1.14. The van der Waals surface area contributed by atoms with Crippen molar-refractivity contribution in [3.05, 3.63) is 12.2 Å². The van der Waals surface area contributed by atoms with Crippen LogP contribution in [0.3, 0.4) is 0 Å². The Kier molecular flexibility index (Phi) is 8.30. The molecule has 0 radical (unpaired) electrons. The second-order valence-electron chi connectivity index (χ2n) is 3.74. The number of esters is 1. The Balaban J connectivity index is 3.38. The van der Waals surface area contributed by atoms with Crippen molar-refractivity contribution in [3.8, 4) is 0 Å². The second-order valence-corrected chi connectivity index (χ2v) is 3.74. The molecule has 0 fully saturated rings. The number of ether oxygens (including phenoxy) is 1. The van der Waals surface area contributed by atoms with E-state index >= 15 is 0 Å². The summed E-state index contributed by atoms with van der Waals surface area (Å²) in [7, 11) is 0. The number of allylic oxidation sites excluding steroid dienone is 1. The summed E-state index contributed by atoms with van der Waals surface area (Å²) in [6.07, 6.45) is 9.34. The second kappa shape index (κ2) is 8.79. The van der Waals surface area contributed by atoms with Gasteiger partial charge in [-0.05, 0) is 26.7 Å². The molecule has 0 aromatic heterocycles. The van der Waals surface area contributed by atoms with Crippen molar-refractivity contribution < 1.29 is 9.53 Å². The predicted molar refractivity (Wildman–Crippen MR) is 59.1 cm³/mol. The SMILES string of the molecule is CCCCCC/C=C/C(=O)OC(C)C. The van der Waals surface area contributed by atoms with Gasteiger partial charge in [0.05, 0.1) is 6.10 Å². The lowest BCUT2D eigenvalue weighted by atomic mass is 10.1. The number of hydrogen-bond acceptors (Lipinski definition) is 2. The summed E-state index contributed by atoms with van der Waals surface area (Å²) < 4.78 is 4.95. The van der Waals surface area contributed by atoms with Crippen LogP contribution in [0.1, 0.15) is 52.9 Å². The minimum Gasteiger partial charge on any atom is -0.460 e. The number of hydrogen-bond donors (Lipinski definition) is 0. The summed E-state index contributed by atoms with van der Waals surface area (Å²) in [5, 5.41) is 0. The summed E-state index contributed by atoms with van der Waals surface area (Å²) >= 11 is 0. The van der Waals surface area contributed by atoms with Crippen LogP contribution in [-0.2, 0) is 9.53 Å². The van der Waals surface area contributed by atoms with Crippen LogP contribution in [0.2, 0.25) is 0 Å². The molecule has 0 heterocycles. The van der Waals surface area contributed by atoms with Gasteiger partial charge < -0.3 is 4.74 Å². The average molecular weight is 198 g/mol. The smallest absolute Gasteiger partial charge is 0.330 e. The lowest BCUT2D eigenvalue weighted by Gasteiger charge is -2.03. The normalized spacial score (nSPS) is 11.1. The van der Waals surface area contributed by atoms with Gasteiger partial charge in [0.1, 0.15) is 0 Å². The van der Waals surface area contributed by atoms with E-state index in [-0.39, 0.29) is 12.1 Å². The van der Waals surface area contributed by atoms with Crippen LogP contribution >= 0.6 is 0 Å². The third-order valence-corrected chi connectivity index (χ3v) is 1.83. The zero-order chi connectivity index (χ0) is 10.8. The van der Waals surface area contributed by atoms with E-state index in [2.05, 4.69) is 6.92 Å². The Morgan fingerprint density at radius 3 is 2.57 bits per heavy atom. The highest BCUT2D eigenvalue weighted by Gasteiger charge is 1.98. The van der Waals surface area contributed by atoms with Crippen molar-refractivity contribution >= 4 is 5.97 Å². The Labute approximate surface area is 87.3 Å². The molecule has 2 nitrogen and oxygen atoms in total. The van der Waals surface area contributed by atoms with Crippen LogP contribution in [-0.4, -0.2) is 12.1 Å². The first-order valence-electron chi connectivity index (χ1n) is 5.54. The Hall–Kier alpha value is -0.790. The van der Waals surface area contributed by atoms with E-state index in [4.69, 9.17) is 4.74 Å². The van der Waals surface area contributed by atoms with E-state index in [9.17, 15) is 4.79 Å². The molecule has 0 rings (SSSR count). The lowest BCUT2D eigenvalue weighted by Crippen LogP contribution is -2.08. The predicted octanol–water partition coefficient (Wildman–Crippen LogP) is 3.46. The molecular formula is C12H22O2. The van der Waals surface area contributed by atoms with Gasteiger partial charge in [0, 0.05) is 6.08 Å². The van der Waals surface area contributed by atoms with Crippen molar-refractivity contribution in [2.24, 2.45) is 0 Å². The molecule has 14 heavy (non-hydrogen) atoms. The van der Waals surface area contributed by atoms with Gasteiger partial charge in [-0.2, -0.15) is 0 Å². The summed E-state index contributed by atoms with van der Waals surface area (Å²) in [4.78, 5) is 11.0. The maximum absolute atomic E-state index is 11.0. The van der Waals surface area contributed by atoms with Crippen LogP contribution in [0.15, 0.2) is 12.2 Å². The molecule has 0 aromatic rings. The first-order chi connectivity index (χ1) is 6.66. The molecule has 82 valence electrons. The molecule has 0 amide bonds. The largest absolute Gasteiger partial charge is 0.460 e. The van der Waals surface area contributed by atoms with Gasteiger partial charge >= 0.3 is 5.97 Å². The number of carbonyl (C=O) groups excluding carboxylic acids is 1. The van der Waals surface area contributed by atoms with Crippen molar-refractivity contribution in [2.45, 2.75) is 59.0 Å². The van der Waals surface area contributed by atoms with Gasteiger partial charge in [0.2, 0.25) is 0 Å². The molecule has 0 aliphatic rings. The van der Waals surface area contributed by atoms with Gasteiger partial charge in [-0.15, -0.1) is 0 Å². The van der Waals surface area contributed by atoms with E-state index in [1.165, 1.54) is 31.8 Å². The number of carbonyl (C=O) groups is 1. The minimum absolute atomic E-state index is 0.0211. The van der Waals surface area contributed by atoms with Crippen LogP contribution in [0.5, 0.6) is 0 Å². The summed E-state index contributed by atoms with van der Waals surface area (Å²) in [6, 6.07) is 0. The van der Waals surface area contributed by atoms with E-state index in [1.807, 2.05) is 19.9 Å². The molecule has 0 bridgehead atoms. The molecule has 0 saturated carbocycles. The molecular weight excluding hydrogens is 176 g/mol. The van der Waals surface area contributed by atoms with Gasteiger partial charge in [-0.1, -0.05) is 32.3 Å². The molecule has 0 saturated heterocycles. The first-order valence-corrected chi connectivity index (χ1v) is 5.54. The Bertz CT molecular complexity index is 171. The summed E-state index contributed by atoms with van der Waals surface area (Å²) in [6.45, 7) is 5.90. The molecule has 0 spiro atoms. The third kappa shape index (κ3) is 9.30. The van der Waals surface area contributed by atoms with Gasteiger partial charge in [-0.25, -0.2) is 4.79 Å². The van der Waals surface area contributed by atoms with Crippen LogP contribution in [0.25, 0.3) is 0 Å². The highest BCUT2D eigenvalue weighted by molar-refractivity contribution is 5.81. The fraction of sp³-hybridized carbons (Fsp3) is 0.750. The zero-order valence-corrected chi connectivity index (χ0v) is 9.58. The van der Waals surface area contributed by atoms with Crippen LogP contribution in [0.4, 0.5) is 0 Å². The van der Waals surface area contributed by atoms with Gasteiger partial charge in [-0.3, -0.25) is 0 Å². The molecule has 0 unspecified atom stereocenters. The quantitative estimate of drug-likeness (QED) is 0.356. The summed E-state index contributed by atoms with van der Waals surface area (Å²) in [5.74, 6) is -0.226. The molecule has 0 aliphatic heterocycles. The maximum Gasteiger partial charge on any atom is 0.330 e. The topological polar surface area (TPSA) is 26.3 Å². The van der Waals surface area contributed by atoms with E-state index < -0.39 is 0 Å². The van der Waals surface area contributed by atoms with E-state index in [0.717, 1.165) is 6.42 Å². The standard InChI is InChI=1S/C12H22O2/c1-4-5-6-7-8-9-10-12(13)14-11(2)3/h9-11H,4-8H2,1-3H3/b10-9+. The highest BCUT2D eigenvalue weighted by atomic mass is 16.5. The zero-order valence-electron chi connectivity index (χ0n) is 9.58. The van der Waals surface area contributed by atoms with Crippen LogP contribution < -0.4 is 0 Å². The van der Waals surface area contributed by atoms with Crippen molar-refractivity contribution in [3.63, 3.8) is 0 Å². The first kappa shape index (κ1) is 13.2. The molecule has 0 aliphatic carbocycles. The van der Waals surface area contributed by atoms with Crippen molar-refractivity contribution in [1.29, 1.82) is 0 Å². The monoisotopic (exact) mass is 198 g/mol. The molecule has 2 heteroatoms. The lowest BCUT2D eigenvalue weighted by molar-refractivity contribution is -0.141. The summed E-state index contributed by atoms with van der Waals surface area (Å²) in [5.41, 5.74) is 0. The average Bonchev–Trinajstić information content (AvgIpc) is 2.10. The maximum atomic E-state index is 11.0. The Morgan fingerprint density at radius 2 is 2.00 bits per heavy atom.